The lowest BCUT2D eigenvalue weighted by atomic mass is 9.84. The predicted octanol–water partition coefficient (Wildman–Crippen LogP) is 6.14. The van der Waals surface area contributed by atoms with E-state index >= 15 is 18.0 Å². The van der Waals surface area contributed by atoms with Gasteiger partial charge < -0.3 is 34.5 Å². The van der Waals surface area contributed by atoms with Crippen molar-refractivity contribution in [2.24, 2.45) is 16.7 Å². The van der Waals surface area contributed by atoms with Crippen LogP contribution < -0.4 is 21.0 Å². The van der Waals surface area contributed by atoms with Crippen LogP contribution in [0.25, 0.3) is 33.4 Å². The number of likely N-dealkylation sites (tertiary alicyclic amines) is 2. The fraction of sp³-hybridized carbons (Fsp3) is 0.655. The van der Waals surface area contributed by atoms with Crippen LogP contribution in [-0.2, 0) is 48.0 Å². The number of nitrogens with one attached hydrogen (secondary N) is 3. The number of benzene rings is 1. The number of fused-ring (bicyclic) bond motifs is 7. The normalized spacial score (nSPS) is 27.7. The molecule has 1 aromatic carbocycles. The van der Waals surface area contributed by atoms with Gasteiger partial charge in [0.25, 0.3) is 5.91 Å². The first-order valence-corrected chi connectivity index (χ1v) is 29.8. The lowest BCUT2D eigenvalue weighted by Gasteiger charge is -2.44. The Balaban J connectivity index is 0.910. The van der Waals surface area contributed by atoms with Crippen molar-refractivity contribution >= 4 is 51.6 Å². The first-order chi connectivity index (χ1) is 37.9. The minimum atomic E-state index is -4.58. The molecule has 12 rings (SSSR count). The number of halogens is 3. The fourth-order valence-corrected chi connectivity index (χ4v) is 15.0. The number of carbonyl (C=O) groups excluding carboxylic acids is 4. The number of pyridine rings is 1. The average molecular weight is 1110 g/mol. The lowest BCUT2D eigenvalue weighted by molar-refractivity contribution is -0.155. The molecule has 21 heteroatoms. The summed E-state index contributed by atoms with van der Waals surface area (Å²) < 4.78 is 59.0. The Morgan fingerprint density at radius 1 is 0.987 bits per heavy atom. The molecule has 1 saturated carbocycles. The van der Waals surface area contributed by atoms with Crippen molar-refractivity contribution in [1.82, 2.24) is 50.3 Å². The highest BCUT2D eigenvalue weighted by Gasteiger charge is 2.51. The van der Waals surface area contributed by atoms with Crippen LogP contribution in [-0.4, -0.2) is 180 Å². The number of carbonyl (C=O) groups is 4. The zero-order valence-corrected chi connectivity index (χ0v) is 46.9. The number of aromatic nitrogens is 3. The molecule has 10 heterocycles. The van der Waals surface area contributed by atoms with E-state index < -0.39 is 42.2 Å². The maximum atomic E-state index is 15.2. The number of cyclic esters (lactones) is 1. The molecule has 7 aliphatic heterocycles. The molecule has 0 radical (unpaired) electrons. The number of ether oxygens (including phenoxy) is 2. The van der Waals surface area contributed by atoms with Crippen LogP contribution in [0.3, 0.4) is 0 Å². The van der Waals surface area contributed by atoms with Crippen LogP contribution >= 0.6 is 11.3 Å². The number of alkyl halides is 3. The molecule has 8 aliphatic rings. The molecule has 7 fully saturated rings. The Morgan fingerprint density at radius 3 is 2.58 bits per heavy atom. The Labute approximate surface area is 464 Å². The Bertz CT molecular complexity index is 2970. The van der Waals surface area contributed by atoms with Crippen LogP contribution in [0.4, 0.5) is 18.9 Å². The fourth-order valence-electron chi connectivity index (χ4n) is 14.1. The maximum Gasteiger partial charge on any atom is 0.406 e. The molecule has 6 atom stereocenters. The van der Waals surface area contributed by atoms with Crippen molar-refractivity contribution in [3.8, 4) is 22.5 Å². The van der Waals surface area contributed by atoms with Gasteiger partial charge in [-0.15, -0.1) is 11.3 Å². The van der Waals surface area contributed by atoms with Gasteiger partial charge in [-0.3, -0.25) is 39.0 Å². The van der Waals surface area contributed by atoms with E-state index in [0.29, 0.717) is 108 Å². The highest BCUT2D eigenvalue weighted by Crippen LogP contribution is 2.46. The second-order valence-electron chi connectivity index (χ2n) is 25.1. The molecule has 3 amide bonds. The number of nitrogens with zero attached hydrogens (tertiary/aromatic N) is 8. The number of hydrazine groups is 1. The Hall–Kier alpha value is -5.19. The minimum Gasteiger partial charge on any atom is -0.464 e. The Kier molecular flexibility index (Phi) is 14.9. The van der Waals surface area contributed by atoms with Gasteiger partial charge in [0, 0.05) is 104 Å². The summed E-state index contributed by atoms with van der Waals surface area (Å²) in [7, 11) is 0. The number of hydrogen-bond donors (Lipinski definition) is 3. The van der Waals surface area contributed by atoms with Gasteiger partial charge in [-0.1, -0.05) is 46.6 Å². The van der Waals surface area contributed by atoms with Gasteiger partial charge in [-0.2, -0.15) is 13.2 Å². The summed E-state index contributed by atoms with van der Waals surface area (Å²) in [5.74, 6) is -0.978. The molecule has 0 unspecified atom stereocenters. The van der Waals surface area contributed by atoms with Gasteiger partial charge in [-0.25, -0.2) is 10.4 Å². The second-order valence-corrected chi connectivity index (χ2v) is 26.0. The van der Waals surface area contributed by atoms with E-state index in [1.165, 1.54) is 20.9 Å². The largest absolute Gasteiger partial charge is 0.464 e. The van der Waals surface area contributed by atoms with Gasteiger partial charge in [0.05, 0.1) is 71.9 Å². The molecule has 6 saturated heterocycles. The monoisotopic (exact) mass is 1110 g/mol. The summed E-state index contributed by atoms with van der Waals surface area (Å²) >= 11 is 1.37. The average Bonchev–Trinajstić information content (AvgIpc) is 3.90. The van der Waals surface area contributed by atoms with Gasteiger partial charge in [0.1, 0.15) is 18.6 Å². The van der Waals surface area contributed by atoms with Crippen molar-refractivity contribution in [3.63, 3.8) is 0 Å². The topological polar surface area (TPSA) is 180 Å². The van der Waals surface area contributed by atoms with Crippen LogP contribution in [0.2, 0.25) is 0 Å². The van der Waals surface area contributed by atoms with Crippen molar-refractivity contribution < 1.29 is 41.8 Å². The number of rotatable bonds is 9. The van der Waals surface area contributed by atoms with Gasteiger partial charge >= 0.3 is 12.1 Å². The molecule has 17 nitrogen and oxygen atoms in total. The smallest absolute Gasteiger partial charge is 0.406 e. The van der Waals surface area contributed by atoms with Crippen molar-refractivity contribution in [1.29, 1.82) is 0 Å². The number of amides is 3. The van der Waals surface area contributed by atoms with E-state index in [9.17, 15) is 14.4 Å². The molecule has 426 valence electrons. The SMILES string of the molecule is CC(C)c1ncc(N2CCN3CCOC[C@@H]3C2)cc1-c1c2c3cc(ccc3n1CC(F)(F)F)-c1csc(n1)C[C@H](NC(=O)[C@H](C1CCCC1)N1CC[C@]3(CCN(C(=O)[C@H]4CN4)C3)C1)C(=O)N1CCC[C@H](N1)C(=O)OCC(C)(C)C2. The molecule has 1 aliphatic carbocycles. The molecule has 1 spiro atoms. The highest BCUT2D eigenvalue weighted by atomic mass is 32.1. The zero-order valence-electron chi connectivity index (χ0n) is 46.0. The van der Waals surface area contributed by atoms with E-state index in [1.807, 2.05) is 62.4 Å². The van der Waals surface area contributed by atoms with Crippen LogP contribution in [0, 0.1) is 16.7 Å². The summed E-state index contributed by atoms with van der Waals surface area (Å²) in [6.45, 7) is 15.0. The van der Waals surface area contributed by atoms with Gasteiger partial charge in [0.2, 0.25) is 11.8 Å². The number of esters is 1. The van der Waals surface area contributed by atoms with E-state index in [2.05, 4.69) is 30.8 Å². The summed E-state index contributed by atoms with van der Waals surface area (Å²) in [6.07, 6.45) is 4.19. The summed E-state index contributed by atoms with van der Waals surface area (Å²) in [5, 5.41) is 11.0. The zero-order chi connectivity index (χ0) is 55.0. The molecule has 79 heavy (non-hydrogen) atoms. The van der Waals surface area contributed by atoms with Crippen LogP contribution in [0.15, 0.2) is 35.8 Å². The van der Waals surface area contributed by atoms with Crippen molar-refractivity contribution in [3.05, 3.63) is 52.1 Å². The van der Waals surface area contributed by atoms with Crippen LogP contribution in [0.5, 0.6) is 0 Å². The standard InChI is InChI=1S/C58H76F3N11O6S/c1-35(2)49-41(23-38(26-63-49)68-19-18-67-20-21-77-29-39(67)28-68)51-42-25-56(3,4)34-78-55(76)43-10-7-15-72(66-43)54(75)44(24-48-64-46(30-79-48)37-11-12-47(40(42)22-37)71(51)33-58(59,60)61)65-52(73)50(36-8-5-6-9-36)69-16-13-57(31-69)14-17-70(32-57)53(74)45-27-62-45/h11-12,22-23,26,30,35-36,39,43-45,50,62,66H,5-10,13-21,24-25,27-29,31-34H2,1-4H3,(H,65,73)/t39-,43-,44-,45+,50-,57-/m0/s1. The van der Waals surface area contributed by atoms with E-state index in [1.54, 1.807) is 6.07 Å². The summed E-state index contributed by atoms with van der Waals surface area (Å²) in [5.41, 5.74) is 7.29. The quantitative estimate of drug-likeness (QED) is 0.129. The minimum absolute atomic E-state index is 0.0490. The van der Waals surface area contributed by atoms with Crippen molar-refractivity contribution in [2.75, 3.05) is 90.2 Å². The number of thiazole rings is 1. The lowest BCUT2D eigenvalue weighted by Crippen LogP contribution is -2.62. The van der Waals surface area contributed by atoms with E-state index in [-0.39, 0.29) is 66.5 Å². The van der Waals surface area contributed by atoms with Crippen LogP contribution in [0.1, 0.15) is 101 Å². The highest BCUT2D eigenvalue weighted by molar-refractivity contribution is 7.10. The molecular formula is C58H76F3N11O6S. The third-order valence-corrected chi connectivity index (χ3v) is 19.2. The number of anilines is 1. The van der Waals surface area contributed by atoms with E-state index in [0.717, 1.165) is 76.9 Å². The molecule has 6 bridgehead atoms. The van der Waals surface area contributed by atoms with Gasteiger partial charge in [-0.05, 0) is 87.1 Å². The molecule has 4 aromatic rings. The maximum absolute atomic E-state index is 15.2. The van der Waals surface area contributed by atoms with Crippen molar-refractivity contribution in [2.45, 2.75) is 141 Å². The molecule has 3 aromatic heterocycles. The summed E-state index contributed by atoms with van der Waals surface area (Å²) in [4.78, 5) is 76.6. The predicted molar refractivity (Wildman–Crippen MR) is 294 cm³/mol. The second kappa shape index (κ2) is 21.6. The number of hydrogen-bond acceptors (Lipinski definition) is 14. The molecular weight excluding hydrogens is 1040 g/mol. The van der Waals surface area contributed by atoms with Gasteiger partial charge in [0.15, 0.2) is 0 Å². The first-order valence-electron chi connectivity index (χ1n) is 28.9. The Morgan fingerprint density at radius 2 is 1.80 bits per heavy atom. The third kappa shape index (κ3) is 11.3. The third-order valence-electron chi connectivity index (χ3n) is 18.3. The van der Waals surface area contributed by atoms with E-state index in [4.69, 9.17) is 19.4 Å². The summed E-state index contributed by atoms with van der Waals surface area (Å²) in [6, 6.07) is 5.29. The first kappa shape index (κ1) is 54.4. The number of morpholine rings is 1. The molecule has 3 N–H and O–H groups in total. The number of piperazine rings is 1.